The van der Waals surface area contributed by atoms with E-state index in [1.54, 1.807) is 0 Å². The smallest absolute Gasteiger partial charge is 0.225 e. The Bertz CT molecular complexity index is 966. The van der Waals surface area contributed by atoms with Crippen LogP contribution >= 0.6 is 0 Å². The van der Waals surface area contributed by atoms with Gasteiger partial charge in [0.25, 0.3) is 0 Å². The van der Waals surface area contributed by atoms with E-state index in [0.717, 1.165) is 29.9 Å². The second kappa shape index (κ2) is 12.2. The first-order chi connectivity index (χ1) is 17.6. The lowest BCUT2D eigenvalue weighted by molar-refractivity contribution is -0.162. The molecule has 0 aliphatic carbocycles. The number of para-hydroxylation sites is 1. The van der Waals surface area contributed by atoms with Crippen LogP contribution in [-0.4, -0.2) is 91.2 Å². The molecule has 0 radical (unpaired) electrons. The standard InChI is InChI=1S/C28H36N2O6/c31-22-18-30(17-21-6-8-24(9-7-21)35-23-4-2-1-3-5-23)26-11-10-25(36-27(26)20-34-19-22)16-28(32)29-12-14-33-15-13-29/h1-9,22,25-27,31H,10-20H2/t22-,25-,26-,27+/m0/s1. The molecule has 0 unspecified atom stereocenters. The van der Waals surface area contributed by atoms with Crippen molar-refractivity contribution in [1.29, 1.82) is 0 Å². The van der Waals surface area contributed by atoms with Crippen LogP contribution in [-0.2, 0) is 25.5 Å². The molecular formula is C28H36N2O6. The van der Waals surface area contributed by atoms with Crippen LogP contribution in [0.3, 0.4) is 0 Å². The summed E-state index contributed by atoms with van der Waals surface area (Å²) in [4.78, 5) is 16.9. The zero-order chi connectivity index (χ0) is 24.7. The van der Waals surface area contributed by atoms with Crippen LogP contribution in [0.5, 0.6) is 11.5 Å². The van der Waals surface area contributed by atoms with Gasteiger partial charge in [-0.25, -0.2) is 0 Å². The van der Waals surface area contributed by atoms with E-state index in [1.807, 2.05) is 47.4 Å². The van der Waals surface area contributed by atoms with Crippen molar-refractivity contribution >= 4 is 5.91 Å². The highest BCUT2D eigenvalue weighted by atomic mass is 16.5. The van der Waals surface area contributed by atoms with Gasteiger partial charge < -0.3 is 29.0 Å². The molecule has 8 nitrogen and oxygen atoms in total. The second-order valence-corrected chi connectivity index (χ2v) is 9.82. The van der Waals surface area contributed by atoms with Gasteiger partial charge in [-0.3, -0.25) is 9.69 Å². The van der Waals surface area contributed by atoms with Crippen LogP contribution in [0.2, 0.25) is 0 Å². The van der Waals surface area contributed by atoms with Crippen molar-refractivity contribution in [2.75, 3.05) is 46.1 Å². The highest BCUT2D eigenvalue weighted by molar-refractivity contribution is 5.76. The number of hydrogen-bond acceptors (Lipinski definition) is 7. The summed E-state index contributed by atoms with van der Waals surface area (Å²) < 4.78 is 23.5. The van der Waals surface area contributed by atoms with E-state index >= 15 is 0 Å². The molecule has 3 saturated heterocycles. The summed E-state index contributed by atoms with van der Waals surface area (Å²) in [6.45, 7) is 4.44. The van der Waals surface area contributed by atoms with Gasteiger partial charge in [0.2, 0.25) is 5.91 Å². The fourth-order valence-electron chi connectivity index (χ4n) is 5.29. The number of carbonyl (C=O) groups is 1. The van der Waals surface area contributed by atoms with Gasteiger partial charge in [0.15, 0.2) is 0 Å². The molecule has 2 aromatic carbocycles. The molecular weight excluding hydrogens is 460 g/mol. The number of rotatable bonds is 6. The Labute approximate surface area is 212 Å². The molecule has 1 amide bonds. The average molecular weight is 497 g/mol. The van der Waals surface area contributed by atoms with Crippen LogP contribution in [0.15, 0.2) is 54.6 Å². The normalized spacial score (nSPS) is 27.5. The molecule has 3 heterocycles. The van der Waals surface area contributed by atoms with E-state index in [-0.39, 0.29) is 30.8 Å². The lowest BCUT2D eigenvalue weighted by Crippen LogP contribution is -2.55. The summed E-state index contributed by atoms with van der Waals surface area (Å²) in [7, 11) is 0. The third-order valence-corrected chi connectivity index (χ3v) is 7.14. The Morgan fingerprint density at radius 2 is 1.69 bits per heavy atom. The predicted octanol–water partition coefficient (Wildman–Crippen LogP) is 2.84. The molecule has 3 fully saturated rings. The lowest BCUT2D eigenvalue weighted by Gasteiger charge is -2.44. The number of amides is 1. The van der Waals surface area contributed by atoms with Gasteiger partial charge in [-0.15, -0.1) is 0 Å². The summed E-state index contributed by atoms with van der Waals surface area (Å²) >= 11 is 0. The number of fused-ring (bicyclic) bond motifs is 1. The number of ether oxygens (including phenoxy) is 4. The molecule has 0 saturated carbocycles. The molecule has 0 bridgehead atoms. The Balaban J connectivity index is 1.21. The van der Waals surface area contributed by atoms with Gasteiger partial charge in [0, 0.05) is 32.2 Å². The third-order valence-electron chi connectivity index (χ3n) is 7.14. The molecule has 3 aliphatic rings. The largest absolute Gasteiger partial charge is 0.457 e. The first-order valence-corrected chi connectivity index (χ1v) is 13.0. The summed E-state index contributed by atoms with van der Waals surface area (Å²) in [5.74, 6) is 1.73. The molecule has 4 atom stereocenters. The van der Waals surface area contributed by atoms with Crippen molar-refractivity contribution in [3.05, 3.63) is 60.2 Å². The lowest BCUT2D eigenvalue weighted by atomic mass is 9.94. The quantitative estimate of drug-likeness (QED) is 0.659. The Kier molecular flexibility index (Phi) is 8.51. The van der Waals surface area contributed by atoms with Gasteiger partial charge in [-0.1, -0.05) is 30.3 Å². The van der Waals surface area contributed by atoms with Crippen LogP contribution in [0, 0.1) is 0 Å². The van der Waals surface area contributed by atoms with Gasteiger partial charge in [0.05, 0.1) is 51.2 Å². The van der Waals surface area contributed by atoms with Gasteiger partial charge in [0.1, 0.15) is 11.5 Å². The molecule has 2 aromatic rings. The van der Waals surface area contributed by atoms with E-state index in [2.05, 4.69) is 17.0 Å². The number of benzene rings is 2. The average Bonchev–Trinajstić information content (AvgIpc) is 2.90. The van der Waals surface area contributed by atoms with E-state index in [9.17, 15) is 9.90 Å². The molecule has 3 aliphatic heterocycles. The number of β-amino-alcohol motifs (C(OH)–C–C–N with tert-alkyl or cyclic N) is 1. The number of aliphatic hydroxyl groups is 1. The molecule has 36 heavy (non-hydrogen) atoms. The minimum atomic E-state index is -0.549. The maximum Gasteiger partial charge on any atom is 0.225 e. The molecule has 8 heteroatoms. The van der Waals surface area contributed by atoms with Gasteiger partial charge in [-0.2, -0.15) is 0 Å². The van der Waals surface area contributed by atoms with Crippen LogP contribution < -0.4 is 4.74 Å². The number of morpholine rings is 1. The molecule has 0 aromatic heterocycles. The maximum atomic E-state index is 12.7. The molecule has 194 valence electrons. The molecule has 0 spiro atoms. The van der Waals surface area contributed by atoms with Crippen molar-refractivity contribution < 1.29 is 28.8 Å². The summed E-state index contributed by atoms with van der Waals surface area (Å²) in [5.41, 5.74) is 1.15. The predicted molar refractivity (Wildman–Crippen MR) is 134 cm³/mol. The van der Waals surface area contributed by atoms with Gasteiger partial charge in [-0.05, 0) is 42.7 Å². The summed E-state index contributed by atoms with van der Waals surface area (Å²) in [6, 6.07) is 18.0. The zero-order valence-electron chi connectivity index (χ0n) is 20.7. The van der Waals surface area contributed by atoms with Crippen LogP contribution in [0.25, 0.3) is 0 Å². The zero-order valence-corrected chi connectivity index (χ0v) is 20.7. The monoisotopic (exact) mass is 496 g/mol. The van der Waals surface area contributed by atoms with Crippen molar-refractivity contribution in [2.24, 2.45) is 0 Å². The number of aliphatic hydroxyl groups excluding tert-OH is 1. The highest BCUT2D eigenvalue weighted by Gasteiger charge is 2.38. The van der Waals surface area contributed by atoms with Crippen molar-refractivity contribution in [2.45, 2.75) is 50.2 Å². The van der Waals surface area contributed by atoms with E-state index < -0.39 is 6.10 Å². The molecule has 1 N–H and O–H groups in total. The molecule has 5 rings (SSSR count). The Hall–Kier alpha value is -2.49. The van der Waals surface area contributed by atoms with Crippen LogP contribution in [0.1, 0.15) is 24.8 Å². The van der Waals surface area contributed by atoms with Crippen molar-refractivity contribution in [3.8, 4) is 11.5 Å². The number of hydrogen-bond donors (Lipinski definition) is 1. The number of nitrogens with zero attached hydrogens (tertiary/aromatic N) is 2. The first kappa shape index (κ1) is 25.2. The first-order valence-electron chi connectivity index (χ1n) is 13.0. The van der Waals surface area contributed by atoms with Crippen molar-refractivity contribution in [3.63, 3.8) is 0 Å². The summed E-state index contributed by atoms with van der Waals surface area (Å²) in [5, 5.41) is 10.5. The van der Waals surface area contributed by atoms with E-state index in [1.165, 1.54) is 0 Å². The fourth-order valence-corrected chi connectivity index (χ4v) is 5.29. The number of carbonyl (C=O) groups excluding carboxylic acids is 1. The fraction of sp³-hybridized carbons (Fsp3) is 0.536. The van der Waals surface area contributed by atoms with Crippen molar-refractivity contribution in [1.82, 2.24) is 9.80 Å². The third kappa shape index (κ3) is 6.63. The highest BCUT2D eigenvalue weighted by Crippen LogP contribution is 2.30. The Morgan fingerprint density at radius 3 is 2.47 bits per heavy atom. The van der Waals surface area contributed by atoms with Crippen LogP contribution in [0.4, 0.5) is 0 Å². The minimum Gasteiger partial charge on any atom is -0.457 e. The maximum absolute atomic E-state index is 12.7. The van der Waals surface area contributed by atoms with Gasteiger partial charge >= 0.3 is 0 Å². The van der Waals surface area contributed by atoms with E-state index in [4.69, 9.17) is 18.9 Å². The topological polar surface area (TPSA) is 80.7 Å². The Morgan fingerprint density at radius 1 is 0.944 bits per heavy atom. The minimum absolute atomic E-state index is 0.106. The second-order valence-electron chi connectivity index (χ2n) is 9.82. The van der Waals surface area contributed by atoms with E-state index in [0.29, 0.717) is 52.4 Å². The SMILES string of the molecule is O=C(C[C@@H]1CC[C@H]2[C@@H](COC[C@@H](O)CN2Cc2ccc(Oc3ccccc3)cc2)O1)N1CCOCC1. The summed E-state index contributed by atoms with van der Waals surface area (Å²) in [6.07, 6.45) is 1.33.